The number of likely N-dealkylation sites (tertiary alicyclic amines) is 1. The monoisotopic (exact) mass is 378 g/mol. The van der Waals surface area contributed by atoms with Crippen molar-refractivity contribution >= 4 is 22.9 Å². The van der Waals surface area contributed by atoms with Crippen molar-refractivity contribution in [3.63, 3.8) is 0 Å². The Kier molecular flexibility index (Phi) is 5.27. The Balaban J connectivity index is 1.41. The van der Waals surface area contributed by atoms with Crippen molar-refractivity contribution in [3.8, 4) is 11.3 Å². The number of aromatic nitrogens is 2. The highest BCUT2D eigenvalue weighted by Crippen LogP contribution is 2.23. The van der Waals surface area contributed by atoms with E-state index in [0.717, 1.165) is 47.7 Å². The average molecular weight is 379 g/mol. The molecule has 1 saturated heterocycles. The lowest BCUT2D eigenvalue weighted by atomic mass is 10.1. The second-order valence-electron chi connectivity index (χ2n) is 6.84. The van der Waals surface area contributed by atoms with Gasteiger partial charge in [0, 0.05) is 28.9 Å². The Morgan fingerprint density at radius 1 is 1.26 bits per heavy atom. The normalized spacial score (nSPS) is 17.1. The number of rotatable bonds is 5. The van der Waals surface area contributed by atoms with Gasteiger partial charge in [-0.1, -0.05) is 18.2 Å². The molecule has 0 radical (unpaired) electrons. The molecule has 0 aliphatic carbocycles. The zero-order chi connectivity index (χ0) is 18.6. The molecule has 1 N–H and O–H groups in total. The number of benzene rings is 1. The van der Waals surface area contributed by atoms with E-state index >= 15 is 0 Å². The first kappa shape index (κ1) is 17.8. The molecule has 0 bridgehead atoms. The fraction of sp³-hybridized carbons (Fsp3) is 0.286. The molecular formula is C21H22N4OS. The highest BCUT2D eigenvalue weighted by Gasteiger charge is 2.30. The van der Waals surface area contributed by atoms with Gasteiger partial charge >= 0.3 is 0 Å². The summed E-state index contributed by atoms with van der Waals surface area (Å²) in [4.78, 5) is 23.9. The lowest BCUT2D eigenvalue weighted by Gasteiger charge is -2.23. The Morgan fingerprint density at radius 2 is 2.11 bits per heavy atom. The number of hydrogen-bond acceptors (Lipinski definition) is 5. The smallest absolute Gasteiger partial charge is 0.241 e. The van der Waals surface area contributed by atoms with Crippen LogP contribution in [0.2, 0.25) is 0 Å². The number of anilines is 1. The molecule has 5 nitrogen and oxygen atoms in total. The number of carbonyl (C=O) groups excluding carboxylic acids is 1. The van der Waals surface area contributed by atoms with Gasteiger partial charge in [-0.15, -0.1) is 11.3 Å². The van der Waals surface area contributed by atoms with Gasteiger partial charge in [0.15, 0.2) is 0 Å². The average Bonchev–Trinajstić information content (AvgIpc) is 3.34. The second kappa shape index (κ2) is 7.98. The number of pyridine rings is 1. The van der Waals surface area contributed by atoms with Crippen LogP contribution in [0.5, 0.6) is 0 Å². The predicted octanol–water partition coefficient (Wildman–Crippen LogP) is 4.12. The standard InChI is InChI=1S/C21H22N4OS/c1-15-4-2-5-18(23-15)12-25-11-3-6-20(25)21(26)24-17-9-7-16(8-10-17)19-13-27-14-22-19/h2,4-5,7-10,13-14,20H,3,6,11-12H2,1H3,(H,24,26)/t20-/m1/s1. The summed E-state index contributed by atoms with van der Waals surface area (Å²) in [6.07, 6.45) is 1.92. The van der Waals surface area contributed by atoms with Gasteiger partial charge in [0.2, 0.25) is 5.91 Å². The molecule has 1 fully saturated rings. The first-order valence-electron chi connectivity index (χ1n) is 9.15. The SMILES string of the molecule is Cc1cccc(CN2CCC[C@@H]2C(=O)Nc2ccc(-c3cscn3)cc2)n1. The molecule has 1 aliphatic heterocycles. The molecular weight excluding hydrogens is 356 g/mol. The van der Waals surface area contributed by atoms with Crippen LogP contribution < -0.4 is 5.32 Å². The van der Waals surface area contributed by atoms with Gasteiger partial charge in [-0.2, -0.15) is 0 Å². The van der Waals surface area contributed by atoms with Crippen LogP contribution in [0, 0.1) is 6.92 Å². The van der Waals surface area contributed by atoms with Gasteiger partial charge in [-0.05, 0) is 50.6 Å². The highest BCUT2D eigenvalue weighted by atomic mass is 32.1. The van der Waals surface area contributed by atoms with Gasteiger partial charge in [0.05, 0.1) is 22.9 Å². The summed E-state index contributed by atoms with van der Waals surface area (Å²) in [5.74, 6) is 0.0570. The van der Waals surface area contributed by atoms with Crippen LogP contribution in [0.25, 0.3) is 11.3 Å². The van der Waals surface area contributed by atoms with E-state index in [-0.39, 0.29) is 11.9 Å². The fourth-order valence-electron chi connectivity index (χ4n) is 3.51. The molecule has 0 spiro atoms. The molecule has 1 aromatic carbocycles. The molecule has 27 heavy (non-hydrogen) atoms. The molecule has 6 heteroatoms. The molecule has 0 saturated carbocycles. The van der Waals surface area contributed by atoms with Crippen molar-refractivity contribution in [3.05, 3.63) is 64.7 Å². The molecule has 1 amide bonds. The van der Waals surface area contributed by atoms with E-state index in [2.05, 4.69) is 20.2 Å². The van der Waals surface area contributed by atoms with Crippen LogP contribution in [0.3, 0.4) is 0 Å². The Labute approximate surface area is 163 Å². The van der Waals surface area contributed by atoms with E-state index in [1.807, 2.05) is 60.3 Å². The zero-order valence-electron chi connectivity index (χ0n) is 15.3. The lowest BCUT2D eigenvalue weighted by Crippen LogP contribution is -2.39. The maximum atomic E-state index is 12.8. The second-order valence-corrected chi connectivity index (χ2v) is 7.56. The first-order chi connectivity index (χ1) is 13.2. The van der Waals surface area contributed by atoms with E-state index in [0.29, 0.717) is 6.54 Å². The maximum absolute atomic E-state index is 12.8. The molecule has 0 unspecified atom stereocenters. The lowest BCUT2D eigenvalue weighted by molar-refractivity contribution is -0.120. The van der Waals surface area contributed by atoms with Crippen LogP contribution in [0.15, 0.2) is 53.4 Å². The largest absolute Gasteiger partial charge is 0.325 e. The number of thiazole rings is 1. The summed E-state index contributed by atoms with van der Waals surface area (Å²) >= 11 is 1.58. The van der Waals surface area contributed by atoms with Crippen LogP contribution in [-0.2, 0) is 11.3 Å². The van der Waals surface area contributed by atoms with Crippen molar-refractivity contribution in [1.82, 2.24) is 14.9 Å². The molecule has 1 aliphatic rings. The van der Waals surface area contributed by atoms with Crippen molar-refractivity contribution < 1.29 is 4.79 Å². The Morgan fingerprint density at radius 3 is 2.85 bits per heavy atom. The summed E-state index contributed by atoms with van der Waals surface area (Å²) in [5, 5.41) is 5.08. The third-order valence-electron chi connectivity index (χ3n) is 4.86. The highest BCUT2D eigenvalue weighted by molar-refractivity contribution is 7.07. The number of nitrogens with one attached hydrogen (secondary N) is 1. The van der Waals surface area contributed by atoms with E-state index in [9.17, 15) is 4.79 Å². The van der Waals surface area contributed by atoms with Crippen LogP contribution in [-0.4, -0.2) is 33.4 Å². The third kappa shape index (κ3) is 4.23. The minimum atomic E-state index is -0.106. The van der Waals surface area contributed by atoms with E-state index in [1.54, 1.807) is 11.3 Å². The van der Waals surface area contributed by atoms with Gasteiger partial charge in [-0.3, -0.25) is 14.7 Å². The van der Waals surface area contributed by atoms with Gasteiger partial charge in [-0.25, -0.2) is 4.98 Å². The zero-order valence-corrected chi connectivity index (χ0v) is 16.1. The number of hydrogen-bond donors (Lipinski definition) is 1. The van der Waals surface area contributed by atoms with Gasteiger partial charge in [0.25, 0.3) is 0 Å². The topological polar surface area (TPSA) is 58.1 Å². The van der Waals surface area contributed by atoms with Crippen molar-refractivity contribution in [1.29, 1.82) is 0 Å². The van der Waals surface area contributed by atoms with E-state index in [4.69, 9.17) is 0 Å². The van der Waals surface area contributed by atoms with Crippen molar-refractivity contribution in [2.45, 2.75) is 32.4 Å². The van der Waals surface area contributed by atoms with E-state index < -0.39 is 0 Å². The predicted molar refractivity (Wildman–Crippen MR) is 109 cm³/mol. The number of nitrogens with zero attached hydrogens (tertiary/aromatic N) is 3. The summed E-state index contributed by atoms with van der Waals surface area (Å²) in [5.41, 5.74) is 6.69. The molecule has 1 atom stereocenters. The molecule has 3 heterocycles. The number of carbonyl (C=O) groups is 1. The molecule has 138 valence electrons. The Bertz CT molecular complexity index is 908. The van der Waals surface area contributed by atoms with Crippen LogP contribution >= 0.6 is 11.3 Å². The van der Waals surface area contributed by atoms with E-state index in [1.165, 1.54) is 0 Å². The summed E-state index contributed by atoms with van der Waals surface area (Å²) in [6, 6.07) is 13.8. The molecule has 4 rings (SSSR count). The molecule has 2 aromatic heterocycles. The first-order valence-corrected chi connectivity index (χ1v) is 10.1. The summed E-state index contributed by atoms with van der Waals surface area (Å²) in [6.45, 7) is 3.63. The maximum Gasteiger partial charge on any atom is 0.241 e. The number of amides is 1. The van der Waals surface area contributed by atoms with Crippen LogP contribution in [0.1, 0.15) is 24.2 Å². The minimum absolute atomic E-state index is 0.0570. The third-order valence-corrected chi connectivity index (χ3v) is 5.44. The molecule has 3 aromatic rings. The van der Waals surface area contributed by atoms with Gasteiger partial charge in [0.1, 0.15) is 0 Å². The van der Waals surface area contributed by atoms with Crippen LogP contribution in [0.4, 0.5) is 5.69 Å². The quantitative estimate of drug-likeness (QED) is 0.726. The summed E-state index contributed by atoms with van der Waals surface area (Å²) < 4.78 is 0. The van der Waals surface area contributed by atoms with Gasteiger partial charge < -0.3 is 5.32 Å². The minimum Gasteiger partial charge on any atom is -0.325 e. The number of aryl methyl sites for hydroxylation is 1. The fourth-order valence-corrected chi connectivity index (χ4v) is 4.07. The Hall–Kier alpha value is -2.57. The summed E-state index contributed by atoms with van der Waals surface area (Å²) in [7, 11) is 0. The van der Waals surface area contributed by atoms with Crippen molar-refractivity contribution in [2.75, 3.05) is 11.9 Å². The van der Waals surface area contributed by atoms with Crippen molar-refractivity contribution in [2.24, 2.45) is 0 Å².